The number of para-hydroxylation sites is 1. The maximum atomic E-state index is 14.7. The number of aromatic hydroxyl groups is 1. The van der Waals surface area contributed by atoms with Crippen molar-refractivity contribution in [1.82, 2.24) is 0 Å². The molecule has 14 nitrogen and oxygen atoms in total. The Morgan fingerprint density at radius 2 is 1.65 bits per heavy atom. The zero-order valence-electron chi connectivity index (χ0n) is 29.2. The second kappa shape index (κ2) is 12.9. The van der Waals surface area contributed by atoms with Crippen LogP contribution in [0.2, 0.25) is 5.02 Å². The quantitative estimate of drug-likeness (QED) is 0.120. The molecule has 0 spiro atoms. The number of imide groups is 2. The molecule has 1 N–H and O–H groups in total. The number of nitrogens with zero attached hydrogens (tertiary/aromatic N) is 5. The van der Waals surface area contributed by atoms with Crippen LogP contribution in [0.5, 0.6) is 5.75 Å². The van der Waals surface area contributed by atoms with Gasteiger partial charge in [0, 0.05) is 37.7 Å². The van der Waals surface area contributed by atoms with E-state index in [1.807, 2.05) is 0 Å². The minimum Gasteiger partial charge on any atom is -0.507 e. The largest absolute Gasteiger partial charge is 0.507 e. The predicted octanol–water partition coefficient (Wildman–Crippen LogP) is 6.23. The first-order valence-corrected chi connectivity index (χ1v) is 17.4. The van der Waals surface area contributed by atoms with E-state index in [0.717, 1.165) is 28.0 Å². The van der Waals surface area contributed by atoms with E-state index in [9.17, 15) is 48.9 Å². The SMILES string of the molecule is C=CCc1cccc(C2C3=CCC4C(=O)N(c5cc([N+](=O)[O-])c(N(C)C)c([N+](=O)[O-])c5)C(=O)C4C3CC3C(=O)N(c4ccc(F)c(Cl)c4)C(=O)C32C)c1O. The summed E-state index contributed by atoms with van der Waals surface area (Å²) in [6.07, 6.45) is 3.55. The van der Waals surface area contributed by atoms with E-state index in [-0.39, 0.29) is 47.1 Å². The lowest BCUT2D eigenvalue weighted by atomic mass is 9.51. The smallest absolute Gasteiger partial charge is 0.301 e. The summed E-state index contributed by atoms with van der Waals surface area (Å²) in [4.78, 5) is 83.3. The molecule has 3 aromatic carbocycles. The topological polar surface area (TPSA) is 185 Å². The number of hydrogen-bond donors (Lipinski definition) is 1. The van der Waals surface area contributed by atoms with Gasteiger partial charge in [-0.05, 0) is 55.9 Å². The monoisotopic (exact) mass is 757 g/mol. The average Bonchev–Trinajstić information content (AvgIpc) is 3.49. The van der Waals surface area contributed by atoms with Gasteiger partial charge in [-0.1, -0.05) is 47.5 Å². The van der Waals surface area contributed by atoms with Gasteiger partial charge in [0.15, 0.2) is 5.69 Å². The molecule has 3 fully saturated rings. The van der Waals surface area contributed by atoms with Crippen LogP contribution in [0.4, 0.5) is 32.8 Å². The number of rotatable bonds is 8. The van der Waals surface area contributed by atoms with Crippen molar-refractivity contribution < 1.29 is 38.5 Å². The van der Waals surface area contributed by atoms with Crippen LogP contribution in [0.3, 0.4) is 0 Å². The molecule has 2 aliphatic heterocycles. The summed E-state index contributed by atoms with van der Waals surface area (Å²) in [5, 5.41) is 35.6. The highest BCUT2D eigenvalue weighted by Crippen LogP contribution is 2.65. The fourth-order valence-electron chi connectivity index (χ4n) is 9.10. The summed E-state index contributed by atoms with van der Waals surface area (Å²) < 4.78 is 14.2. The van der Waals surface area contributed by atoms with Crippen LogP contribution in [0, 0.1) is 55.1 Å². The minimum absolute atomic E-state index is 0.00131. The van der Waals surface area contributed by atoms with Crippen LogP contribution in [-0.2, 0) is 25.6 Å². The van der Waals surface area contributed by atoms with Crippen LogP contribution in [0.1, 0.15) is 36.8 Å². The molecule has 278 valence electrons. The number of phenolic OH excluding ortho intramolecular Hbond substituents is 1. The first-order valence-electron chi connectivity index (χ1n) is 17.0. The van der Waals surface area contributed by atoms with Crippen molar-refractivity contribution >= 4 is 63.7 Å². The molecular weight excluding hydrogens is 725 g/mol. The van der Waals surface area contributed by atoms with Crippen molar-refractivity contribution in [1.29, 1.82) is 0 Å². The van der Waals surface area contributed by atoms with Crippen LogP contribution in [0.15, 0.2) is 72.8 Å². The van der Waals surface area contributed by atoms with Crippen molar-refractivity contribution in [3.05, 3.63) is 115 Å². The molecular formula is C38H33ClFN5O9. The Bertz CT molecular complexity index is 2240. The normalized spacial score (nSPS) is 25.9. The Morgan fingerprint density at radius 1 is 0.981 bits per heavy atom. The number of halogens is 2. The highest BCUT2D eigenvalue weighted by molar-refractivity contribution is 6.32. The highest BCUT2D eigenvalue weighted by Gasteiger charge is 2.68. The van der Waals surface area contributed by atoms with Gasteiger partial charge in [-0.2, -0.15) is 0 Å². The average molecular weight is 758 g/mol. The lowest BCUT2D eigenvalue weighted by Crippen LogP contribution is -2.49. The summed E-state index contributed by atoms with van der Waals surface area (Å²) in [7, 11) is 2.78. The van der Waals surface area contributed by atoms with E-state index in [1.54, 1.807) is 37.3 Å². The van der Waals surface area contributed by atoms with Crippen LogP contribution < -0.4 is 14.7 Å². The second-order valence-corrected chi connectivity index (χ2v) is 14.8. The number of amides is 4. The van der Waals surface area contributed by atoms with Gasteiger partial charge in [-0.3, -0.25) is 39.4 Å². The second-order valence-electron chi connectivity index (χ2n) is 14.4. The van der Waals surface area contributed by atoms with E-state index in [4.69, 9.17) is 11.6 Å². The molecule has 16 heteroatoms. The molecule has 2 saturated heterocycles. The lowest BCUT2D eigenvalue weighted by molar-refractivity contribution is -0.392. The van der Waals surface area contributed by atoms with Gasteiger partial charge < -0.3 is 10.0 Å². The number of fused-ring (bicyclic) bond motifs is 4. The number of nitro benzene ring substituents is 2. The Hall–Kier alpha value is -5.96. The molecule has 7 rings (SSSR count). The molecule has 0 aromatic heterocycles. The number of anilines is 3. The summed E-state index contributed by atoms with van der Waals surface area (Å²) in [5.74, 6) is -8.69. The van der Waals surface area contributed by atoms with Gasteiger partial charge in [0.05, 0.1) is 49.4 Å². The molecule has 2 aliphatic carbocycles. The Kier molecular flexibility index (Phi) is 8.67. The summed E-state index contributed by atoms with van der Waals surface area (Å²) in [6, 6.07) is 10.4. The Balaban J connectivity index is 1.38. The highest BCUT2D eigenvalue weighted by atomic mass is 35.5. The van der Waals surface area contributed by atoms with Crippen molar-refractivity contribution in [3.8, 4) is 5.75 Å². The third-order valence-electron chi connectivity index (χ3n) is 11.4. The van der Waals surface area contributed by atoms with Crippen molar-refractivity contribution in [3.63, 3.8) is 0 Å². The maximum absolute atomic E-state index is 14.7. The fraction of sp³-hybridized carbons (Fsp3) is 0.316. The number of phenols is 1. The molecule has 4 aliphatic rings. The third-order valence-corrected chi connectivity index (χ3v) is 11.7. The number of allylic oxidation sites excluding steroid dienone is 3. The Labute approximate surface area is 312 Å². The zero-order valence-corrected chi connectivity index (χ0v) is 29.9. The zero-order chi connectivity index (χ0) is 39.1. The van der Waals surface area contributed by atoms with Gasteiger partial charge >= 0.3 is 11.4 Å². The standard InChI is InChI=1S/C38H33ClFN5O9/c1-5-7-18-8-6-9-23(33(18)46)31-21-11-12-22-30(24(21)17-25-35(48)43(37(50)38(25,31)2)19-10-13-27(40)26(39)14-19)36(49)42(34(22)47)20-15-28(44(51)52)32(41(3)4)29(16-20)45(53)54/h5-6,8-11,13-16,22,24-25,30-31,46H,1,7,12,17H2,2-4H3. The molecule has 0 radical (unpaired) electrons. The van der Waals surface area contributed by atoms with E-state index < -0.39 is 85.7 Å². The molecule has 0 bridgehead atoms. The van der Waals surface area contributed by atoms with E-state index in [1.165, 1.54) is 31.1 Å². The molecule has 1 saturated carbocycles. The maximum Gasteiger partial charge on any atom is 0.301 e. The van der Waals surface area contributed by atoms with E-state index in [2.05, 4.69) is 6.58 Å². The van der Waals surface area contributed by atoms with Crippen LogP contribution in [0.25, 0.3) is 0 Å². The van der Waals surface area contributed by atoms with Gasteiger partial charge in [0.25, 0.3) is 0 Å². The molecule has 6 atom stereocenters. The lowest BCUT2D eigenvalue weighted by Gasteiger charge is -2.49. The van der Waals surface area contributed by atoms with Gasteiger partial charge in [0.2, 0.25) is 23.6 Å². The molecule has 3 aromatic rings. The van der Waals surface area contributed by atoms with Gasteiger partial charge in [-0.25, -0.2) is 14.2 Å². The van der Waals surface area contributed by atoms with Gasteiger partial charge in [-0.15, -0.1) is 6.58 Å². The number of benzene rings is 3. The van der Waals surface area contributed by atoms with Crippen molar-refractivity contribution in [2.75, 3.05) is 28.8 Å². The first kappa shape index (κ1) is 36.4. The molecule has 4 amide bonds. The third kappa shape index (κ3) is 5.12. The first-order chi connectivity index (χ1) is 25.5. The van der Waals surface area contributed by atoms with Gasteiger partial charge in [0.1, 0.15) is 11.6 Å². The Morgan fingerprint density at radius 3 is 2.24 bits per heavy atom. The minimum atomic E-state index is -1.54. The number of nitro groups is 2. The fourth-order valence-corrected chi connectivity index (χ4v) is 9.28. The molecule has 54 heavy (non-hydrogen) atoms. The summed E-state index contributed by atoms with van der Waals surface area (Å²) >= 11 is 6.07. The van der Waals surface area contributed by atoms with Crippen molar-refractivity contribution in [2.45, 2.75) is 32.1 Å². The summed E-state index contributed by atoms with van der Waals surface area (Å²) in [6.45, 7) is 5.38. The van der Waals surface area contributed by atoms with Crippen LogP contribution >= 0.6 is 11.6 Å². The predicted molar refractivity (Wildman–Crippen MR) is 195 cm³/mol. The summed E-state index contributed by atoms with van der Waals surface area (Å²) in [5.41, 5.74) is -2.17. The number of carbonyl (C=O) groups is 4. The van der Waals surface area contributed by atoms with Crippen LogP contribution in [-0.4, -0.2) is 52.7 Å². The molecule has 2 heterocycles. The molecule has 6 unspecified atom stereocenters. The van der Waals surface area contributed by atoms with E-state index in [0.29, 0.717) is 16.7 Å². The van der Waals surface area contributed by atoms with Crippen molar-refractivity contribution in [2.24, 2.45) is 29.1 Å². The van der Waals surface area contributed by atoms with E-state index >= 15 is 0 Å². The number of hydrogen-bond acceptors (Lipinski definition) is 10. The number of carbonyl (C=O) groups excluding carboxylic acids is 4.